The summed E-state index contributed by atoms with van der Waals surface area (Å²) < 4.78 is 5.72. The molecule has 2 atom stereocenters. The molecule has 4 rings (SSSR count). The molecule has 3 heterocycles. The van der Waals surface area contributed by atoms with Crippen molar-refractivity contribution in [2.24, 2.45) is 0 Å². The lowest BCUT2D eigenvalue weighted by molar-refractivity contribution is -0.143. The van der Waals surface area contributed by atoms with Crippen LogP contribution in [-0.4, -0.2) is 64.9 Å². The van der Waals surface area contributed by atoms with E-state index in [1.54, 1.807) is 11.1 Å². The standard InChI is InChI=1S/C26H31N3O4/c1-2-28(19-22-12-8-16-33-22)23(30)17-26(20-9-4-3-5-10-20)18-24(31)29(25(26)32)15-13-21-11-6-7-14-27-21/h3-7,9-11,14,22H,2,8,12-13,15-19H2,1H3/t22-,26-/m0/s1. The van der Waals surface area contributed by atoms with Gasteiger partial charge in [0.15, 0.2) is 0 Å². The maximum atomic E-state index is 13.7. The van der Waals surface area contributed by atoms with Gasteiger partial charge >= 0.3 is 0 Å². The van der Waals surface area contributed by atoms with Crippen molar-refractivity contribution >= 4 is 17.7 Å². The number of ether oxygens (including phenoxy) is 1. The van der Waals surface area contributed by atoms with Gasteiger partial charge in [0.2, 0.25) is 17.7 Å². The van der Waals surface area contributed by atoms with Crippen molar-refractivity contribution in [3.05, 3.63) is 66.0 Å². The number of carbonyl (C=O) groups is 3. The summed E-state index contributed by atoms with van der Waals surface area (Å²) in [5, 5.41) is 0. The molecule has 7 nitrogen and oxygen atoms in total. The van der Waals surface area contributed by atoms with Gasteiger partial charge < -0.3 is 9.64 Å². The second kappa shape index (κ2) is 10.3. The van der Waals surface area contributed by atoms with Gasteiger partial charge in [0.25, 0.3) is 0 Å². The fourth-order valence-corrected chi connectivity index (χ4v) is 4.83. The third-order valence-corrected chi connectivity index (χ3v) is 6.69. The molecule has 174 valence electrons. The zero-order valence-electron chi connectivity index (χ0n) is 19.1. The van der Waals surface area contributed by atoms with Crippen molar-refractivity contribution in [2.75, 3.05) is 26.2 Å². The second-order valence-electron chi connectivity index (χ2n) is 8.79. The van der Waals surface area contributed by atoms with Gasteiger partial charge in [-0.05, 0) is 37.5 Å². The number of amides is 3. The molecule has 2 aromatic rings. The number of nitrogens with zero attached hydrogens (tertiary/aromatic N) is 3. The van der Waals surface area contributed by atoms with Crippen LogP contribution in [0, 0.1) is 0 Å². The molecule has 0 saturated carbocycles. The number of hydrogen-bond acceptors (Lipinski definition) is 5. The van der Waals surface area contributed by atoms with Gasteiger partial charge in [0, 0.05) is 57.4 Å². The molecule has 3 amide bonds. The Bertz CT molecular complexity index is 976. The Hall–Kier alpha value is -3.06. The number of likely N-dealkylation sites (tertiary alicyclic amines) is 1. The number of carbonyl (C=O) groups excluding carboxylic acids is 3. The Morgan fingerprint density at radius 1 is 1.18 bits per heavy atom. The highest BCUT2D eigenvalue weighted by Gasteiger charge is 2.53. The SMILES string of the molecule is CCN(C[C@@H]1CCCO1)C(=O)C[C@@]1(c2ccccc2)CC(=O)N(CCc2ccccn2)C1=O. The molecule has 0 spiro atoms. The van der Waals surface area contributed by atoms with Crippen LogP contribution in [0.2, 0.25) is 0 Å². The number of aromatic nitrogens is 1. The zero-order valence-corrected chi connectivity index (χ0v) is 19.1. The molecule has 0 N–H and O–H groups in total. The molecule has 2 aliphatic rings. The minimum atomic E-state index is -1.18. The Kier molecular flexibility index (Phi) is 7.18. The van der Waals surface area contributed by atoms with E-state index in [9.17, 15) is 14.4 Å². The summed E-state index contributed by atoms with van der Waals surface area (Å²) in [6.07, 6.45) is 4.14. The Labute approximate surface area is 194 Å². The van der Waals surface area contributed by atoms with Crippen LogP contribution in [0.3, 0.4) is 0 Å². The van der Waals surface area contributed by atoms with Gasteiger partial charge in [-0.1, -0.05) is 36.4 Å². The lowest BCUT2D eigenvalue weighted by Crippen LogP contribution is -2.45. The molecule has 1 aromatic heterocycles. The summed E-state index contributed by atoms with van der Waals surface area (Å²) in [6.45, 7) is 3.97. The molecular weight excluding hydrogens is 418 g/mol. The topological polar surface area (TPSA) is 79.8 Å². The molecular formula is C26H31N3O4. The van der Waals surface area contributed by atoms with Gasteiger partial charge in [0.05, 0.1) is 11.5 Å². The number of likely N-dealkylation sites (N-methyl/N-ethyl adjacent to an activating group) is 1. The molecule has 2 saturated heterocycles. The smallest absolute Gasteiger partial charge is 0.240 e. The van der Waals surface area contributed by atoms with Gasteiger partial charge in [-0.3, -0.25) is 24.3 Å². The minimum absolute atomic E-state index is 0.00128. The third kappa shape index (κ3) is 4.98. The van der Waals surface area contributed by atoms with E-state index < -0.39 is 5.41 Å². The average molecular weight is 450 g/mol. The molecule has 0 unspecified atom stereocenters. The molecule has 2 aliphatic heterocycles. The Balaban J connectivity index is 1.56. The monoisotopic (exact) mass is 449 g/mol. The molecule has 0 aliphatic carbocycles. The maximum Gasteiger partial charge on any atom is 0.240 e. The van der Waals surface area contributed by atoms with E-state index in [2.05, 4.69) is 4.98 Å². The van der Waals surface area contributed by atoms with Crippen LogP contribution < -0.4 is 0 Å². The van der Waals surface area contributed by atoms with Crippen molar-refractivity contribution in [1.29, 1.82) is 0 Å². The van der Waals surface area contributed by atoms with E-state index in [1.165, 1.54) is 4.90 Å². The minimum Gasteiger partial charge on any atom is -0.376 e. The first-order valence-corrected chi connectivity index (χ1v) is 11.7. The summed E-state index contributed by atoms with van der Waals surface area (Å²) in [6, 6.07) is 14.8. The maximum absolute atomic E-state index is 13.7. The van der Waals surface area contributed by atoms with Crippen LogP contribution in [0.1, 0.15) is 43.9 Å². The van der Waals surface area contributed by atoms with E-state index in [0.717, 1.165) is 25.1 Å². The molecule has 0 bridgehead atoms. The summed E-state index contributed by atoms with van der Waals surface area (Å²) in [5.41, 5.74) is 0.356. The van der Waals surface area contributed by atoms with Crippen molar-refractivity contribution in [2.45, 2.75) is 50.5 Å². The van der Waals surface area contributed by atoms with E-state index >= 15 is 0 Å². The zero-order chi connectivity index (χ0) is 23.3. The van der Waals surface area contributed by atoms with Gasteiger partial charge in [0.1, 0.15) is 0 Å². The van der Waals surface area contributed by atoms with Crippen LogP contribution in [0.5, 0.6) is 0 Å². The fourth-order valence-electron chi connectivity index (χ4n) is 4.83. The third-order valence-electron chi connectivity index (χ3n) is 6.69. The number of benzene rings is 1. The van der Waals surface area contributed by atoms with Crippen LogP contribution in [0.25, 0.3) is 0 Å². The lowest BCUT2D eigenvalue weighted by Gasteiger charge is -2.31. The van der Waals surface area contributed by atoms with Gasteiger partial charge in [-0.15, -0.1) is 0 Å². The summed E-state index contributed by atoms with van der Waals surface area (Å²) >= 11 is 0. The average Bonchev–Trinajstić information content (AvgIpc) is 3.44. The fraction of sp³-hybridized carbons (Fsp3) is 0.462. The largest absolute Gasteiger partial charge is 0.376 e. The predicted octanol–water partition coefficient (Wildman–Crippen LogP) is 2.74. The van der Waals surface area contributed by atoms with Crippen molar-refractivity contribution < 1.29 is 19.1 Å². The number of rotatable bonds is 9. The molecule has 0 radical (unpaired) electrons. The van der Waals surface area contributed by atoms with E-state index in [1.807, 2.05) is 55.5 Å². The first-order chi connectivity index (χ1) is 16.0. The summed E-state index contributed by atoms with van der Waals surface area (Å²) in [5.74, 6) is -0.657. The van der Waals surface area contributed by atoms with Gasteiger partial charge in [-0.25, -0.2) is 0 Å². The number of pyridine rings is 1. The van der Waals surface area contributed by atoms with Crippen LogP contribution >= 0.6 is 0 Å². The van der Waals surface area contributed by atoms with Crippen molar-refractivity contribution in [3.63, 3.8) is 0 Å². The first-order valence-electron chi connectivity index (χ1n) is 11.7. The Morgan fingerprint density at radius 3 is 2.64 bits per heavy atom. The van der Waals surface area contributed by atoms with Crippen molar-refractivity contribution in [1.82, 2.24) is 14.8 Å². The highest BCUT2D eigenvalue weighted by Crippen LogP contribution is 2.40. The van der Waals surface area contributed by atoms with Crippen molar-refractivity contribution in [3.8, 4) is 0 Å². The van der Waals surface area contributed by atoms with Crippen LogP contribution in [-0.2, 0) is 31.0 Å². The van der Waals surface area contributed by atoms with E-state index in [0.29, 0.717) is 25.1 Å². The molecule has 1 aromatic carbocycles. The van der Waals surface area contributed by atoms with Crippen LogP contribution in [0.15, 0.2) is 54.7 Å². The first kappa shape index (κ1) is 23.1. The summed E-state index contributed by atoms with van der Waals surface area (Å²) in [4.78, 5) is 47.6. The predicted molar refractivity (Wildman–Crippen MR) is 123 cm³/mol. The highest BCUT2D eigenvalue weighted by atomic mass is 16.5. The molecule has 2 fully saturated rings. The highest BCUT2D eigenvalue weighted by molar-refractivity contribution is 6.10. The normalized spacial score (nSPS) is 22.7. The quantitative estimate of drug-likeness (QED) is 0.550. The molecule has 7 heteroatoms. The van der Waals surface area contributed by atoms with E-state index in [4.69, 9.17) is 4.74 Å². The lowest BCUT2D eigenvalue weighted by atomic mass is 9.75. The Morgan fingerprint density at radius 2 is 1.97 bits per heavy atom. The summed E-state index contributed by atoms with van der Waals surface area (Å²) in [7, 11) is 0. The second-order valence-corrected chi connectivity index (χ2v) is 8.79. The van der Waals surface area contributed by atoms with E-state index in [-0.39, 0.29) is 43.2 Å². The van der Waals surface area contributed by atoms with Gasteiger partial charge in [-0.2, -0.15) is 0 Å². The number of hydrogen-bond donors (Lipinski definition) is 0. The van der Waals surface area contributed by atoms with Crippen LogP contribution in [0.4, 0.5) is 0 Å². The molecule has 33 heavy (non-hydrogen) atoms. The number of imide groups is 1.